The van der Waals surface area contributed by atoms with E-state index in [1.54, 1.807) is 13.8 Å². The Labute approximate surface area is 477 Å². The summed E-state index contributed by atoms with van der Waals surface area (Å²) in [6.45, 7) is 38.6. The largest absolute Gasteiger partial charge is 0.457 e. The van der Waals surface area contributed by atoms with Crippen molar-refractivity contribution < 1.29 is 47.5 Å². The van der Waals surface area contributed by atoms with Gasteiger partial charge in [-0.1, -0.05) is 51.3 Å². The van der Waals surface area contributed by atoms with Crippen LogP contribution in [-0.4, -0.2) is 11.9 Å². The molecule has 8 rings (SSSR count). The number of aryl methyl sites for hydroxylation is 12. The van der Waals surface area contributed by atoms with E-state index in [1.165, 1.54) is 0 Å². The standard InChI is InChI=1S/C71H72O10/c1-39(2)69(72)80-67-49(13)35-61(36-50(67)14)78-65-45(9)31-59(32-46(65)10)76-63-41(5)27-57(28-42(63)6)74-55-23-19-53(20-24-55)71(17,18)54-21-25-56(26-22-54)75-58-29-43(7)64(44(8)30-58)77-60-33-47(11)66(48(12)34-60)79-62-37-51(15)68(52(16)38-62)81-70(73)40(3)4/h19-38H,1,3H2,2,4-18H3. The maximum Gasteiger partial charge on any atom is 0.338 e. The second-order valence-corrected chi connectivity index (χ2v) is 21.9. The van der Waals surface area contributed by atoms with Gasteiger partial charge >= 0.3 is 11.9 Å². The molecule has 0 unspecified atom stereocenters. The van der Waals surface area contributed by atoms with E-state index >= 15 is 0 Å². The summed E-state index contributed by atoms with van der Waals surface area (Å²) < 4.78 is 49.9. The quantitative estimate of drug-likeness (QED) is 0.0468. The maximum atomic E-state index is 12.2. The lowest BCUT2D eigenvalue weighted by atomic mass is 9.78. The monoisotopic (exact) mass is 1080 g/mol. The van der Waals surface area contributed by atoms with Crippen molar-refractivity contribution in [3.8, 4) is 80.5 Å². The molecule has 0 atom stereocenters. The number of benzene rings is 8. The first kappa shape index (κ1) is 58.1. The molecule has 0 amide bonds. The van der Waals surface area contributed by atoms with Crippen LogP contribution in [0.3, 0.4) is 0 Å². The molecule has 0 spiro atoms. The third kappa shape index (κ3) is 13.4. The van der Waals surface area contributed by atoms with E-state index < -0.39 is 11.9 Å². The maximum absolute atomic E-state index is 12.2. The molecule has 0 heterocycles. The van der Waals surface area contributed by atoms with E-state index in [-0.39, 0.29) is 5.41 Å². The summed E-state index contributed by atoms with van der Waals surface area (Å²) in [4.78, 5) is 24.4. The first-order valence-corrected chi connectivity index (χ1v) is 27.0. The van der Waals surface area contributed by atoms with E-state index in [0.717, 1.165) is 112 Å². The molecule has 0 aromatic heterocycles. The Morgan fingerprint density at radius 1 is 0.296 bits per heavy atom. The van der Waals surface area contributed by atoms with Crippen LogP contribution < -0.4 is 37.9 Å². The average Bonchev–Trinajstić information content (AvgIpc) is 3.38. The lowest BCUT2D eigenvalue weighted by molar-refractivity contribution is -0.131. The third-order valence-corrected chi connectivity index (χ3v) is 14.2. The van der Waals surface area contributed by atoms with Crippen LogP contribution in [0.1, 0.15) is 106 Å². The fourth-order valence-electron chi connectivity index (χ4n) is 9.93. The van der Waals surface area contributed by atoms with Crippen LogP contribution in [-0.2, 0) is 15.0 Å². The van der Waals surface area contributed by atoms with E-state index in [2.05, 4.69) is 51.3 Å². The Morgan fingerprint density at radius 2 is 0.481 bits per heavy atom. The van der Waals surface area contributed by atoms with Gasteiger partial charge in [-0.2, -0.15) is 0 Å². The smallest absolute Gasteiger partial charge is 0.338 e. The Balaban J connectivity index is 0.870. The van der Waals surface area contributed by atoms with Crippen LogP contribution in [0.5, 0.6) is 80.5 Å². The summed E-state index contributed by atoms with van der Waals surface area (Å²) in [6, 6.07) is 39.8. The predicted molar refractivity (Wildman–Crippen MR) is 322 cm³/mol. The molecule has 416 valence electrons. The van der Waals surface area contributed by atoms with E-state index in [4.69, 9.17) is 37.9 Å². The van der Waals surface area contributed by atoms with Crippen molar-refractivity contribution >= 4 is 11.9 Å². The van der Waals surface area contributed by atoms with Crippen molar-refractivity contribution in [2.24, 2.45) is 0 Å². The van der Waals surface area contributed by atoms with Crippen LogP contribution in [0.25, 0.3) is 0 Å². The lowest BCUT2D eigenvalue weighted by Crippen LogP contribution is -2.18. The molecule has 8 aromatic carbocycles. The summed E-state index contributed by atoms with van der Waals surface area (Å²) in [5.41, 5.74) is 13.2. The summed E-state index contributed by atoms with van der Waals surface area (Å²) in [6.07, 6.45) is 0. The van der Waals surface area contributed by atoms with Crippen LogP contribution in [0.15, 0.2) is 146 Å². The van der Waals surface area contributed by atoms with Crippen LogP contribution in [0.4, 0.5) is 0 Å². The molecular weight excluding hydrogens is 1010 g/mol. The van der Waals surface area contributed by atoms with Gasteiger partial charge in [-0.25, -0.2) is 9.59 Å². The molecule has 0 saturated carbocycles. The molecule has 0 saturated heterocycles. The fourth-order valence-corrected chi connectivity index (χ4v) is 9.93. The first-order valence-electron chi connectivity index (χ1n) is 27.0. The molecular formula is C71H72O10. The molecule has 0 fully saturated rings. The zero-order valence-electron chi connectivity index (χ0n) is 49.5. The molecule has 10 nitrogen and oxygen atoms in total. The van der Waals surface area contributed by atoms with Crippen LogP contribution in [0.2, 0.25) is 0 Å². The molecule has 0 radical (unpaired) electrons. The van der Waals surface area contributed by atoms with Crippen molar-refractivity contribution in [1.82, 2.24) is 0 Å². The van der Waals surface area contributed by atoms with Crippen molar-refractivity contribution in [2.45, 2.75) is 116 Å². The Bertz CT molecular complexity index is 3400. The van der Waals surface area contributed by atoms with Gasteiger partial charge in [-0.05, 0) is 272 Å². The molecule has 0 aliphatic rings. The zero-order chi connectivity index (χ0) is 58.8. The minimum absolute atomic E-state index is 0.309. The van der Waals surface area contributed by atoms with Crippen molar-refractivity contribution in [2.75, 3.05) is 0 Å². The van der Waals surface area contributed by atoms with E-state index in [9.17, 15) is 9.59 Å². The topological polar surface area (TPSA) is 108 Å². The summed E-state index contributed by atoms with van der Waals surface area (Å²) in [7, 11) is 0. The van der Waals surface area contributed by atoms with Crippen molar-refractivity contribution in [3.63, 3.8) is 0 Å². The van der Waals surface area contributed by atoms with Gasteiger partial charge in [0.05, 0.1) is 0 Å². The number of rotatable bonds is 18. The Kier molecular flexibility index (Phi) is 17.0. The normalized spacial score (nSPS) is 11.2. The van der Waals surface area contributed by atoms with Gasteiger partial charge in [-0.3, -0.25) is 0 Å². The molecule has 0 aliphatic carbocycles. The second kappa shape index (κ2) is 23.7. The zero-order valence-corrected chi connectivity index (χ0v) is 49.5. The number of carbonyl (C=O) groups is 2. The number of carbonyl (C=O) groups excluding carboxylic acids is 2. The highest BCUT2D eigenvalue weighted by atomic mass is 16.5. The van der Waals surface area contributed by atoms with Crippen molar-refractivity contribution in [3.05, 3.63) is 224 Å². The number of esters is 2. The Hall–Kier alpha value is -9.02. The van der Waals surface area contributed by atoms with Crippen molar-refractivity contribution in [1.29, 1.82) is 0 Å². The molecule has 0 bridgehead atoms. The third-order valence-electron chi connectivity index (χ3n) is 14.2. The highest BCUT2D eigenvalue weighted by Gasteiger charge is 2.24. The molecule has 81 heavy (non-hydrogen) atoms. The molecule has 8 aromatic rings. The molecule has 10 heteroatoms. The molecule has 0 aliphatic heterocycles. The highest BCUT2D eigenvalue weighted by molar-refractivity contribution is 5.89. The summed E-state index contributed by atoms with van der Waals surface area (Å²) in [5, 5.41) is 0. The SMILES string of the molecule is C=C(C)C(=O)Oc1c(C)cc(Oc2c(C)cc(Oc3c(C)cc(Oc4ccc(C(C)(C)c5ccc(Oc6cc(C)c(Oc7cc(C)c(Oc8cc(C)c(OC(=O)C(=C)C)c(C)c8)c(C)c7)c(C)c6)cc5)cc4)cc3C)cc2C)cc1C. The second-order valence-electron chi connectivity index (χ2n) is 21.9. The van der Waals surface area contributed by atoms with Gasteiger partial charge in [0.15, 0.2) is 0 Å². The van der Waals surface area contributed by atoms with Crippen LogP contribution >= 0.6 is 0 Å². The summed E-state index contributed by atoms with van der Waals surface area (Å²) >= 11 is 0. The van der Waals surface area contributed by atoms with Gasteiger partial charge in [0.2, 0.25) is 0 Å². The first-order chi connectivity index (χ1) is 38.2. The van der Waals surface area contributed by atoms with Crippen LogP contribution in [0, 0.1) is 83.1 Å². The Morgan fingerprint density at radius 3 is 0.679 bits per heavy atom. The fraction of sp³-hybridized carbons (Fsp3) is 0.239. The van der Waals surface area contributed by atoms with Gasteiger partial charge in [0, 0.05) is 16.6 Å². The lowest BCUT2D eigenvalue weighted by Gasteiger charge is -2.26. The molecule has 0 N–H and O–H groups in total. The predicted octanol–water partition coefficient (Wildman–Crippen LogP) is 19.4. The van der Waals surface area contributed by atoms with Gasteiger partial charge in [0.25, 0.3) is 0 Å². The average molecular weight is 1090 g/mol. The minimum atomic E-state index is -0.459. The number of ether oxygens (including phenoxy) is 8. The van der Waals surface area contributed by atoms with Gasteiger partial charge < -0.3 is 37.9 Å². The van der Waals surface area contributed by atoms with E-state index in [0.29, 0.717) is 57.1 Å². The van der Waals surface area contributed by atoms with Gasteiger partial charge in [-0.15, -0.1) is 0 Å². The van der Waals surface area contributed by atoms with Gasteiger partial charge in [0.1, 0.15) is 80.5 Å². The highest BCUT2D eigenvalue weighted by Crippen LogP contribution is 2.43. The number of hydrogen-bond donors (Lipinski definition) is 0. The minimum Gasteiger partial charge on any atom is -0.457 e. The number of hydrogen-bond acceptors (Lipinski definition) is 10. The summed E-state index contributed by atoms with van der Waals surface area (Å²) in [5.74, 6) is 8.67. The van der Waals surface area contributed by atoms with E-state index in [1.807, 2.05) is 180 Å².